The molecule has 3 heteroatoms. The molecular formula is C15H13BrO2. The van der Waals surface area contributed by atoms with E-state index in [-0.39, 0.29) is 0 Å². The zero-order valence-electron chi connectivity index (χ0n) is 9.71. The normalized spacial score (nSPS) is 12.1. The fraction of sp³-hybridized carbons (Fsp3) is 0.133. The molecule has 0 heterocycles. The minimum atomic E-state index is -0.831. The Balaban J connectivity index is 2.13. The molecule has 0 unspecified atom stereocenters. The average molecular weight is 305 g/mol. The smallest absolute Gasteiger partial charge is 0.317 e. The van der Waals surface area contributed by atoms with E-state index < -0.39 is 10.8 Å². The third-order valence-corrected chi connectivity index (χ3v) is 3.46. The van der Waals surface area contributed by atoms with E-state index in [9.17, 15) is 4.79 Å². The van der Waals surface area contributed by atoms with Crippen molar-refractivity contribution in [2.75, 3.05) is 0 Å². The second kappa shape index (κ2) is 5.83. The van der Waals surface area contributed by atoms with Gasteiger partial charge < -0.3 is 5.11 Å². The van der Waals surface area contributed by atoms with Crippen LogP contribution in [-0.4, -0.2) is 15.9 Å². The van der Waals surface area contributed by atoms with Crippen molar-refractivity contribution in [3.05, 3.63) is 60.2 Å². The molecule has 0 fully saturated rings. The molecule has 18 heavy (non-hydrogen) atoms. The lowest BCUT2D eigenvalue weighted by Crippen LogP contribution is -2.15. The van der Waals surface area contributed by atoms with E-state index in [1.807, 2.05) is 42.5 Å². The van der Waals surface area contributed by atoms with Crippen LogP contribution in [0.2, 0.25) is 0 Å². The molecule has 2 aromatic rings. The molecule has 0 aliphatic rings. The third kappa shape index (κ3) is 3.20. The van der Waals surface area contributed by atoms with Gasteiger partial charge in [0, 0.05) is 0 Å². The number of halogens is 1. The van der Waals surface area contributed by atoms with Gasteiger partial charge in [-0.3, -0.25) is 4.79 Å². The summed E-state index contributed by atoms with van der Waals surface area (Å²) in [5.74, 6) is -0.831. The zero-order chi connectivity index (χ0) is 13.0. The van der Waals surface area contributed by atoms with Gasteiger partial charge in [0.2, 0.25) is 0 Å². The molecular weight excluding hydrogens is 292 g/mol. The molecule has 92 valence electrons. The van der Waals surface area contributed by atoms with Crippen molar-refractivity contribution in [3.63, 3.8) is 0 Å². The van der Waals surface area contributed by atoms with E-state index in [1.54, 1.807) is 0 Å². The molecule has 2 rings (SSSR count). The number of rotatable bonds is 4. The Labute approximate surface area is 114 Å². The van der Waals surface area contributed by atoms with E-state index in [2.05, 4.69) is 28.1 Å². The minimum Gasteiger partial charge on any atom is -0.480 e. The lowest BCUT2D eigenvalue weighted by atomic mass is 10.0. The maximum absolute atomic E-state index is 10.7. The van der Waals surface area contributed by atoms with Crippen LogP contribution >= 0.6 is 15.9 Å². The van der Waals surface area contributed by atoms with E-state index in [0.717, 1.165) is 16.7 Å². The van der Waals surface area contributed by atoms with Gasteiger partial charge in [0.05, 0.1) is 0 Å². The topological polar surface area (TPSA) is 37.3 Å². The van der Waals surface area contributed by atoms with E-state index >= 15 is 0 Å². The predicted octanol–water partition coefficient (Wildman–Crippen LogP) is 3.74. The Kier molecular flexibility index (Phi) is 4.15. The maximum Gasteiger partial charge on any atom is 0.317 e. The molecule has 0 spiro atoms. The molecule has 0 saturated heterocycles. The fourth-order valence-corrected chi connectivity index (χ4v) is 2.13. The van der Waals surface area contributed by atoms with Crippen LogP contribution in [0.3, 0.4) is 0 Å². The molecule has 2 nitrogen and oxygen atoms in total. The molecule has 0 amide bonds. The lowest BCUT2D eigenvalue weighted by molar-refractivity contribution is -0.136. The SMILES string of the molecule is O=C(O)[C@@H](Br)Cc1ccc(-c2ccccc2)cc1. The Hall–Kier alpha value is -1.61. The molecule has 0 saturated carbocycles. The second-order valence-electron chi connectivity index (χ2n) is 4.07. The molecule has 0 bridgehead atoms. The Bertz CT molecular complexity index is 520. The van der Waals surface area contributed by atoms with Gasteiger partial charge in [-0.1, -0.05) is 70.5 Å². The van der Waals surface area contributed by atoms with Gasteiger partial charge >= 0.3 is 5.97 Å². The standard InChI is InChI=1S/C15H13BrO2/c16-14(15(17)18)10-11-6-8-13(9-7-11)12-4-2-1-3-5-12/h1-9,14H,10H2,(H,17,18)/t14-/m0/s1. The van der Waals surface area contributed by atoms with Gasteiger partial charge in [-0.15, -0.1) is 0 Å². The highest BCUT2D eigenvalue weighted by atomic mass is 79.9. The molecule has 1 atom stereocenters. The molecule has 1 N–H and O–H groups in total. The maximum atomic E-state index is 10.7. The van der Waals surface area contributed by atoms with Gasteiger partial charge in [-0.2, -0.15) is 0 Å². The average Bonchev–Trinajstić information content (AvgIpc) is 2.40. The van der Waals surface area contributed by atoms with E-state index in [1.165, 1.54) is 0 Å². The summed E-state index contributed by atoms with van der Waals surface area (Å²) in [6.45, 7) is 0. The van der Waals surface area contributed by atoms with Crippen LogP contribution in [0, 0.1) is 0 Å². The van der Waals surface area contributed by atoms with Crippen molar-refractivity contribution in [1.29, 1.82) is 0 Å². The first-order valence-electron chi connectivity index (χ1n) is 5.68. The summed E-state index contributed by atoms with van der Waals surface area (Å²) >= 11 is 3.14. The number of carbonyl (C=O) groups is 1. The van der Waals surface area contributed by atoms with Crippen molar-refractivity contribution in [1.82, 2.24) is 0 Å². The summed E-state index contributed by atoms with van der Waals surface area (Å²) in [6.07, 6.45) is 0.490. The van der Waals surface area contributed by atoms with Crippen LogP contribution in [-0.2, 0) is 11.2 Å². The highest BCUT2D eigenvalue weighted by molar-refractivity contribution is 9.10. The molecule has 0 aliphatic heterocycles. The Morgan fingerprint density at radius 1 is 1.00 bits per heavy atom. The molecule has 2 aromatic carbocycles. The molecule has 0 aliphatic carbocycles. The van der Waals surface area contributed by atoms with Crippen molar-refractivity contribution in [3.8, 4) is 11.1 Å². The van der Waals surface area contributed by atoms with Crippen molar-refractivity contribution in [2.45, 2.75) is 11.2 Å². The highest BCUT2D eigenvalue weighted by Gasteiger charge is 2.13. The van der Waals surface area contributed by atoms with Crippen molar-refractivity contribution in [2.24, 2.45) is 0 Å². The molecule has 0 aromatic heterocycles. The Morgan fingerprint density at radius 3 is 2.11 bits per heavy atom. The van der Waals surface area contributed by atoms with Crippen LogP contribution in [0.4, 0.5) is 0 Å². The minimum absolute atomic E-state index is 0.490. The summed E-state index contributed by atoms with van der Waals surface area (Å²) < 4.78 is 0. The third-order valence-electron chi connectivity index (χ3n) is 2.74. The van der Waals surface area contributed by atoms with Crippen LogP contribution in [0.5, 0.6) is 0 Å². The van der Waals surface area contributed by atoms with Gasteiger partial charge in [0.15, 0.2) is 0 Å². The van der Waals surface area contributed by atoms with Crippen LogP contribution in [0.25, 0.3) is 11.1 Å². The lowest BCUT2D eigenvalue weighted by Gasteiger charge is -2.06. The molecule has 0 radical (unpaired) electrons. The summed E-state index contributed by atoms with van der Waals surface area (Å²) in [7, 11) is 0. The predicted molar refractivity (Wildman–Crippen MR) is 75.9 cm³/mol. The fourth-order valence-electron chi connectivity index (χ4n) is 1.76. The van der Waals surface area contributed by atoms with Gasteiger partial charge in [-0.05, 0) is 23.1 Å². The number of aliphatic carboxylic acids is 1. The highest BCUT2D eigenvalue weighted by Crippen LogP contribution is 2.20. The summed E-state index contributed by atoms with van der Waals surface area (Å²) in [5, 5.41) is 8.83. The first kappa shape index (κ1) is 12.8. The summed E-state index contributed by atoms with van der Waals surface area (Å²) in [4.78, 5) is 10.2. The van der Waals surface area contributed by atoms with Gasteiger partial charge in [0.25, 0.3) is 0 Å². The number of carboxylic acids is 1. The van der Waals surface area contributed by atoms with Gasteiger partial charge in [-0.25, -0.2) is 0 Å². The van der Waals surface area contributed by atoms with Gasteiger partial charge in [0.1, 0.15) is 4.83 Å². The first-order chi connectivity index (χ1) is 8.66. The quantitative estimate of drug-likeness (QED) is 0.874. The second-order valence-corrected chi connectivity index (χ2v) is 5.18. The largest absolute Gasteiger partial charge is 0.480 e. The monoisotopic (exact) mass is 304 g/mol. The number of hydrogen-bond acceptors (Lipinski definition) is 1. The number of carboxylic acid groups (broad SMARTS) is 1. The van der Waals surface area contributed by atoms with Crippen LogP contribution in [0.1, 0.15) is 5.56 Å². The van der Waals surface area contributed by atoms with Crippen LogP contribution < -0.4 is 0 Å². The summed E-state index contributed by atoms with van der Waals surface area (Å²) in [5.41, 5.74) is 3.32. The number of benzene rings is 2. The van der Waals surface area contributed by atoms with Crippen LogP contribution in [0.15, 0.2) is 54.6 Å². The summed E-state index contributed by atoms with van der Waals surface area (Å²) in [6, 6.07) is 18.1. The van der Waals surface area contributed by atoms with Crippen molar-refractivity contribution < 1.29 is 9.90 Å². The van der Waals surface area contributed by atoms with E-state index in [4.69, 9.17) is 5.11 Å². The van der Waals surface area contributed by atoms with E-state index in [0.29, 0.717) is 6.42 Å². The number of alkyl halides is 1. The Morgan fingerprint density at radius 2 is 1.56 bits per heavy atom. The van der Waals surface area contributed by atoms with Crippen molar-refractivity contribution >= 4 is 21.9 Å². The number of hydrogen-bond donors (Lipinski definition) is 1. The zero-order valence-corrected chi connectivity index (χ0v) is 11.3. The first-order valence-corrected chi connectivity index (χ1v) is 6.59.